The molecule has 6 heteroatoms. The van der Waals surface area contributed by atoms with Gasteiger partial charge in [0.05, 0.1) is 0 Å². The van der Waals surface area contributed by atoms with E-state index < -0.39 is 0 Å². The van der Waals surface area contributed by atoms with E-state index in [9.17, 15) is 0 Å². The lowest BCUT2D eigenvalue weighted by Crippen LogP contribution is -2.00. The molecule has 2 heterocycles. The Morgan fingerprint density at radius 2 is 1.08 bits per heavy atom. The summed E-state index contributed by atoms with van der Waals surface area (Å²) in [6.07, 6.45) is 0. The fourth-order valence-electron chi connectivity index (χ4n) is 0.825. The van der Waals surface area contributed by atoms with Gasteiger partial charge in [0.2, 0.25) is 11.3 Å². The highest BCUT2D eigenvalue weighted by atomic mass is 15.3. The molecule has 0 unspecified atom stereocenters. The van der Waals surface area contributed by atoms with Gasteiger partial charge in [-0.15, -0.1) is 20.4 Å². The molecule has 6 nitrogen and oxygen atoms in total. The summed E-state index contributed by atoms with van der Waals surface area (Å²) in [6, 6.07) is 0. The summed E-state index contributed by atoms with van der Waals surface area (Å²) in [5.74, 6) is 1.14. The predicted octanol–water partition coefficient (Wildman–Crippen LogP) is -0.173. The average Bonchev–Trinajstić information content (AvgIpc) is 2.05. The fraction of sp³-hybridized carbons (Fsp3) is 0.333. The molecular formula is C6H6N6. The van der Waals surface area contributed by atoms with Crippen molar-refractivity contribution in [1.29, 1.82) is 0 Å². The van der Waals surface area contributed by atoms with E-state index in [1.807, 2.05) is 0 Å². The van der Waals surface area contributed by atoms with Crippen LogP contribution in [0.15, 0.2) is 0 Å². The monoisotopic (exact) mass is 162 g/mol. The quantitative estimate of drug-likeness (QED) is 0.535. The SMILES string of the molecule is Cc1nnc2nc(C)nnc2n1. The van der Waals surface area contributed by atoms with Crippen molar-refractivity contribution < 1.29 is 0 Å². The maximum Gasteiger partial charge on any atom is 0.223 e. The third-order valence-electron chi connectivity index (χ3n) is 1.31. The van der Waals surface area contributed by atoms with E-state index in [0.717, 1.165) is 0 Å². The Morgan fingerprint density at radius 3 is 1.50 bits per heavy atom. The molecule has 0 saturated heterocycles. The maximum absolute atomic E-state index is 4.01. The average molecular weight is 162 g/mol. The van der Waals surface area contributed by atoms with Crippen molar-refractivity contribution in [1.82, 2.24) is 30.4 Å². The number of fused-ring (bicyclic) bond motifs is 1. The highest BCUT2D eigenvalue weighted by Gasteiger charge is 2.01. The summed E-state index contributed by atoms with van der Waals surface area (Å²) in [4.78, 5) is 8.01. The first-order valence-electron chi connectivity index (χ1n) is 3.44. The molecule has 2 aromatic heterocycles. The molecule has 0 N–H and O–H groups in total. The molecular weight excluding hydrogens is 156 g/mol. The summed E-state index contributed by atoms with van der Waals surface area (Å²) < 4.78 is 0. The summed E-state index contributed by atoms with van der Waals surface area (Å²) in [6.45, 7) is 3.49. The lowest BCUT2D eigenvalue weighted by atomic mass is 10.6. The van der Waals surface area contributed by atoms with Gasteiger partial charge in [-0.25, -0.2) is 9.97 Å². The Balaban J connectivity index is 2.79. The number of nitrogens with zero attached hydrogens (tertiary/aromatic N) is 6. The zero-order valence-electron chi connectivity index (χ0n) is 6.68. The van der Waals surface area contributed by atoms with Crippen molar-refractivity contribution in [2.24, 2.45) is 0 Å². The topological polar surface area (TPSA) is 77.3 Å². The number of aromatic nitrogens is 6. The van der Waals surface area contributed by atoms with Crippen LogP contribution in [0.3, 0.4) is 0 Å². The van der Waals surface area contributed by atoms with E-state index >= 15 is 0 Å². The summed E-state index contributed by atoms with van der Waals surface area (Å²) in [5.41, 5.74) is 0.876. The van der Waals surface area contributed by atoms with E-state index in [1.54, 1.807) is 13.8 Å². The number of aryl methyl sites for hydroxylation is 2. The molecule has 0 fully saturated rings. The smallest absolute Gasteiger partial charge is 0.207 e. The van der Waals surface area contributed by atoms with Gasteiger partial charge in [0.1, 0.15) is 0 Å². The summed E-state index contributed by atoms with van der Waals surface area (Å²) >= 11 is 0. The van der Waals surface area contributed by atoms with Crippen LogP contribution in [0.5, 0.6) is 0 Å². The molecule has 0 bridgehead atoms. The summed E-state index contributed by atoms with van der Waals surface area (Å²) in [5, 5.41) is 15.1. The van der Waals surface area contributed by atoms with Crippen LogP contribution in [0, 0.1) is 13.8 Å². The largest absolute Gasteiger partial charge is 0.223 e. The van der Waals surface area contributed by atoms with E-state index in [2.05, 4.69) is 30.4 Å². The van der Waals surface area contributed by atoms with Crippen molar-refractivity contribution in [3.05, 3.63) is 11.6 Å². The molecule has 0 aromatic carbocycles. The first kappa shape index (κ1) is 6.96. The van der Waals surface area contributed by atoms with Gasteiger partial charge in [-0.2, -0.15) is 0 Å². The van der Waals surface area contributed by atoms with Crippen LogP contribution in [-0.4, -0.2) is 30.4 Å². The zero-order valence-corrected chi connectivity index (χ0v) is 6.68. The predicted molar refractivity (Wildman–Crippen MR) is 40.2 cm³/mol. The Kier molecular flexibility index (Phi) is 1.39. The molecule has 2 rings (SSSR count). The van der Waals surface area contributed by atoms with E-state index in [4.69, 9.17) is 0 Å². The molecule has 0 aliphatic heterocycles. The number of hydrogen-bond acceptors (Lipinski definition) is 6. The fourth-order valence-corrected chi connectivity index (χ4v) is 0.825. The molecule has 0 aliphatic carbocycles. The van der Waals surface area contributed by atoms with Crippen LogP contribution in [-0.2, 0) is 0 Å². The first-order valence-corrected chi connectivity index (χ1v) is 3.44. The molecule has 0 aliphatic rings. The molecule has 2 aromatic rings. The molecule has 60 valence electrons. The van der Waals surface area contributed by atoms with Crippen molar-refractivity contribution in [2.75, 3.05) is 0 Å². The minimum absolute atomic E-state index is 0.438. The van der Waals surface area contributed by atoms with Crippen LogP contribution < -0.4 is 0 Å². The maximum atomic E-state index is 4.01. The van der Waals surface area contributed by atoms with Gasteiger partial charge < -0.3 is 0 Å². The van der Waals surface area contributed by atoms with Gasteiger partial charge in [-0.3, -0.25) is 0 Å². The minimum atomic E-state index is 0.438. The molecule has 0 atom stereocenters. The van der Waals surface area contributed by atoms with Gasteiger partial charge in [0.15, 0.2) is 11.6 Å². The second-order valence-electron chi connectivity index (χ2n) is 2.37. The normalized spacial score (nSPS) is 10.5. The Bertz CT molecular complexity index is 384. The lowest BCUT2D eigenvalue weighted by molar-refractivity contribution is 0.869. The van der Waals surface area contributed by atoms with Crippen LogP contribution >= 0.6 is 0 Å². The van der Waals surface area contributed by atoms with Crippen molar-refractivity contribution in [2.45, 2.75) is 13.8 Å². The third-order valence-corrected chi connectivity index (χ3v) is 1.31. The Morgan fingerprint density at radius 1 is 0.667 bits per heavy atom. The standard InChI is InChI=1S/C6H6N6/c1-3-7-5-6(11-9-3)8-4(2)10-12-5/h1-2H3. The second-order valence-corrected chi connectivity index (χ2v) is 2.37. The van der Waals surface area contributed by atoms with Gasteiger partial charge in [-0.1, -0.05) is 0 Å². The molecule has 0 spiro atoms. The van der Waals surface area contributed by atoms with E-state index in [0.29, 0.717) is 22.9 Å². The van der Waals surface area contributed by atoms with Gasteiger partial charge >= 0.3 is 0 Å². The van der Waals surface area contributed by atoms with Crippen LogP contribution in [0.1, 0.15) is 11.6 Å². The third kappa shape index (κ3) is 1.07. The second kappa shape index (κ2) is 2.40. The number of rotatable bonds is 0. The first-order chi connectivity index (χ1) is 5.75. The van der Waals surface area contributed by atoms with Crippen molar-refractivity contribution in [3.8, 4) is 0 Å². The molecule has 0 radical (unpaired) electrons. The molecule has 12 heavy (non-hydrogen) atoms. The lowest BCUT2D eigenvalue weighted by Gasteiger charge is -1.93. The molecule has 0 saturated carbocycles. The highest BCUT2D eigenvalue weighted by Crippen LogP contribution is 1.98. The zero-order chi connectivity index (χ0) is 8.55. The Hall–Kier alpha value is -1.72. The number of hydrogen-bond donors (Lipinski definition) is 0. The van der Waals surface area contributed by atoms with E-state index in [1.165, 1.54) is 0 Å². The van der Waals surface area contributed by atoms with E-state index in [-0.39, 0.29) is 0 Å². The van der Waals surface area contributed by atoms with Crippen LogP contribution in [0.4, 0.5) is 0 Å². The van der Waals surface area contributed by atoms with Crippen LogP contribution in [0.2, 0.25) is 0 Å². The van der Waals surface area contributed by atoms with Gasteiger partial charge in [0, 0.05) is 0 Å². The van der Waals surface area contributed by atoms with Crippen LogP contribution in [0.25, 0.3) is 11.3 Å². The van der Waals surface area contributed by atoms with Gasteiger partial charge in [0.25, 0.3) is 0 Å². The van der Waals surface area contributed by atoms with Crippen molar-refractivity contribution in [3.63, 3.8) is 0 Å². The van der Waals surface area contributed by atoms with Crippen molar-refractivity contribution >= 4 is 11.3 Å². The highest BCUT2D eigenvalue weighted by molar-refractivity contribution is 5.61. The molecule has 0 amide bonds. The minimum Gasteiger partial charge on any atom is -0.207 e. The van der Waals surface area contributed by atoms with Gasteiger partial charge in [-0.05, 0) is 13.8 Å². The Labute approximate surface area is 68.1 Å². The summed E-state index contributed by atoms with van der Waals surface area (Å²) in [7, 11) is 0.